The third kappa shape index (κ3) is 4.70. The van der Waals surface area contributed by atoms with E-state index in [0.29, 0.717) is 12.6 Å². The zero-order chi connectivity index (χ0) is 15.8. The Hall–Kier alpha value is -1.10. The molecule has 1 aromatic rings. The van der Waals surface area contributed by atoms with Gasteiger partial charge < -0.3 is 14.2 Å². The van der Waals surface area contributed by atoms with Gasteiger partial charge in [-0.3, -0.25) is 4.90 Å². The van der Waals surface area contributed by atoms with Gasteiger partial charge >= 0.3 is 0 Å². The average molecular weight is 307 g/mol. The lowest BCUT2D eigenvalue weighted by molar-refractivity contribution is 0.0599. The molecule has 22 heavy (non-hydrogen) atoms. The molecule has 2 rings (SSSR count). The van der Waals surface area contributed by atoms with Crippen LogP contribution in [0.1, 0.15) is 37.3 Å². The summed E-state index contributed by atoms with van der Waals surface area (Å²) in [6.45, 7) is 6.28. The van der Waals surface area contributed by atoms with Crippen LogP contribution in [-0.4, -0.2) is 44.9 Å². The van der Waals surface area contributed by atoms with Gasteiger partial charge in [-0.05, 0) is 44.0 Å². The molecule has 0 bridgehead atoms. The SMILES string of the molecule is CCOCc1cc(CN2CCCC[C@H]2COC)ccc1OC. The molecule has 0 spiro atoms. The summed E-state index contributed by atoms with van der Waals surface area (Å²) in [4.78, 5) is 2.54. The predicted octanol–water partition coefficient (Wildman–Crippen LogP) is 3.23. The number of nitrogens with zero attached hydrogens (tertiary/aromatic N) is 1. The molecule has 0 aromatic heterocycles. The second-order valence-corrected chi connectivity index (χ2v) is 5.86. The van der Waals surface area contributed by atoms with E-state index in [1.54, 1.807) is 14.2 Å². The van der Waals surface area contributed by atoms with Crippen LogP contribution >= 0.6 is 0 Å². The molecule has 1 heterocycles. The summed E-state index contributed by atoms with van der Waals surface area (Å²) in [5.41, 5.74) is 2.45. The first kappa shape index (κ1) is 17.3. The van der Waals surface area contributed by atoms with E-state index in [1.165, 1.54) is 24.8 Å². The number of hydrogen-bond donors (Lipinski definition) is 0. The minimum absolute atomic E-state index is 0.538. The number of rotatable bonds is 8. The normalized spacial score (nSPS) is 19.3. The van der Waals surface area contributed by atoms with Crippen molar-refractivity contribution >= 4 is 0 Å². The van der Waals surface area contributed by atoms with Crippen LogP contribution in [-0.2, 0) is 22.6 Å². The van der Waals surface area contributed by atoms with Gasteiger partial charge in [-0.15, -0.1) is 0 Å². The minimum atomic E-state index is 0.538. The zero-order valence-corrected chi connectivity index (χ0v) is 14.1. The van der Waals surface area contributed by atoms with Crippen molar-refractivity contribution in [3.05, 3.63) is 29.3 Å². The van der Waals surface area contributed by atoms with Crippen LogP contribution in [0.4, 0.5) is 0 Å². The molecule has 1 aliphatic heterocycles. The third-order valence-electron chi connectivity index (χ3n) is 4.30. The minimum Gasteiger partial charge on any atom is -0.496 e. The van der Waals surface area contributed by atoms with E-state index < -0.39 is 0 Å². The fourth-order valence-electron chi connectivity index (χ4n) is 3.14. The molecule has 4 nitrogen and oxygen atoms in total. The fourth-order valence-corrected chi connectivity index (χ4v) is 3.14. The summed E-state index contributed by atoms with van der Waals surface area (Å²) in [7, 11) is 3.50. The maximum atomic E-state index is 5.55. The van der Waals surface area contributed by atoms with Crippen molar-refractivity contribution < 1.29 is 14.2 Å². The second-order valence-electron chi connectivity index (χ2n) is 5.86. The maximum Gasteiger partial charge on any atom is 0.124 e. The Morgan fingerprint density at radius 1 is 1.23 bits per heavy atom. The Bertz CT molecular complexity index is 448. The van der Waals surface area contributed by atoms with Crippen LogP contribution in [0.3, 0.4) is 0 Å². The lowest BCUT2D eigenvalue weighted by atomic mass is 10.0. The van der Waals surface area contributed by atoms with Gasteiger partial charge in [0.05, 0.1) is 20.3 Å². The number of ether oxygens (including phenoxy) is 3. The lowest BCUT2D eigenvalue weighted by Crippen LogP contribution is -2.41. The van der Waals surface area contributed by atoms with Crippen LogP contribution in [0, 0.1) is 0 Å². The second kappa shape index (κ2) is 9.13. The molecule has 4 heteroatoms. The molecule has 1 atom stereocenters. The van der Waals surface area contributed by atoms with Gasteiger partial charge in [-0.25, -0.2) is 0 Å². The third-order valence-corrected chi connectivity index (χ3v) is 4.30. The first-order chi connectivity index (χ1) is 10.8. The van der Waals surface area contributed by atoms with E-state index in [2.05, 4.69) is 23.1 Å². The van der Waals surface area contributed by atoms with E-state index in [9.17, 15) is 0 Å². The van der Waals surface area contributed by atoms with Gasteiger partial charge in [0.25, 0.3) is 0 Å². The molecular formula is C18H29NO3. The van der Waals surface area contributed by atoms with E-state index >= 15 is 0 Å². The summed E-state index contributed by atoms with van der Waals surface area (Å²) < 4.78 is 16.4. The number of methoxy groups -OCH3 is 2. The van der Waals surface area contributed by atoms with Gasteiger partial charge in [0, 0.05) is 31.9 Å². The molecular weight excluding hydrogens is 278 g/mol. The van der Waals surface area contributed by atoms with Gasteiger partial charge in [-0.1, -0.05) is 12.5 Å². The standard InChI is InChI=1S/C18H29NO3/c1-4-22-13-16-11-15(8-9-18(16)21-3)12-19-10-6-5-7-17(19)14-20-2/h8-9,11,17H,4-7,10,12-14H2,1-3H3/t17-/m0/s1. The maximum absolute atomic E-state index is 5.55. The molecule has 0 radical (unpaired) electrons. The summed E-state index contributed by atoms with van der Waals surface area (Å²) in [5.74, 6) is 0.907. The summed E-state index contributed by atoms with van der Waals surface area (Å²) in [6, 6.07) is 6.97. The Labute approximate surface area is 134 Å². The highest BCUT2D eigenvalue weighted by Gasteiger charge is 2.22. The van der Waals surface area contributed by atoms with Crippen LogP contribution < -0.4 is 4.74 Å². The Balaban J connectivity index is 2.07. The quantitative estimate of drug-likeness (QED) is 0.738. The van der Waals surface area contributed by atoms with Gasteiger partial charge in [-0.2, -0.15) is 0 Å². The monoisotopic (exact) mass is 307 g/mol. The van der Waals surface area contributed by atoms with E-state index in [4.69, 9.17) is 14.2 Å². The first-order valence-corrected chi connectivity index (χ1v) is 8.25. The van der Waals surface area contributed by atoms with Crippen LogP contribution in [0.2, 0.25) is 0 Å². The zero-order valence-electron chi connectivity index (χ0n) is 14.1. The summed E-state index contributed by atoms with van der Waals surface area (Å²) >= 11 is 0. The molecule has 0 aliphatic carbocycles. The van der Waals surface area contributed by atoms with Crippen molar-refractivity contribution in [2.45, 2.75) is 45.4 Å². The summed E-state index contributed by atoms with van der Waals surface area (Å²) in [6.07, 6.45) is 3.82. The van der Waals surface area contributed by atoms with Crippen LogP contribution in [0.5, 0.6) is 5.75 Å². The van der Waals surface area contributed by atoms with E-state index in [1.807, 2.05) is 6.92 Å². The highest BCUT2D eigenvalue weighted by Crippen LogP contribution is 2.24. The van der Waals surface area contributed by atoms with Crippen LogP contribution in [0.25, 0.3) is 0 Å². The summed E-state index contributed by atoms with van der Waals surface area (Å²) in [5, 5.41) is 0. The van der Waals surface area contributed by atoms with Crippen molar-refractivity contribution in [3.8, 4) is 5.75 Å². The average Bonchev–Trinajstić information content (AvgIpc) is 2.55. The Morgan fingerprint density at radius 3 is 2.82 bits per heavy atom. The molecule has 0 saturated carbocycles. The Morgan fingerprint density at radius 2 is 2.09 bits per heavy atom. The van der Waals surface area contributed by atoms with Crippen molar-refractivity contribution in [2.75, 3.05) is 34.0 Å². The largest absolute Gasteiger partial charge is 0.496 e. The predicted molar refractivity (Wildman–Crippen MR) is 88.2 cm³/mol. The molecule has 0 unspecified atom stereocenters. The topological polar surface area (TPSA) is 30.9 Å². The van der Waals surface area contributed by atoms with Gasteiger partial charge in [0.1, 0.15) is 5.75 Å². The number of benzene rings is 1. The van der Waals surface area contributed by atoms with Crippen molar-refractivity contribution in [1.82, 2.24) is 4.90 Å². The lowest BCUT2D eigenvalue weighted by Gasteiger charge is -2.35. The van der Waals surface area contributed by atoms with Gasteiger partial charge in [0.2, 0.25) is 0 Å². The molecule has 1 aliphatic rings. The molecule has 124 valence electrons. The van der Waals surface area contributed by atoms with Crippen molar-refractivity contribution in [3.63, 3.8) is 0 Å². The number of likely N-dealkylation sites (tertiary alicyclic amines) is 1. The first-order valence-electron chi connectivity index (χ1n) is 8.25. The number of hydrogen-bond acceptors (Lipinski definition) is 4. The molecule has 0 amide bonds. The van der Waals surface area contributed by atoms with Crippen LogP contribution in [0.15, 0.2) is 18.2 Å². The Kier molecular flexibility index (Phi) is 7.16. The van der Waals surface area contributed by atoms with Gasteiger partial charge in [0.15, 0.2) is 0 Å². The fraction of sp³-hybridized carbons (Fsp3) is 0.667. The van der Waals surface area contributed by atoms with E-state index in [0.717, 1.165) is 37.6 Å². The highest BCUT2D eigenvalue weighted by molar-refractivity contribution is 5.37. The smallest absolute Gasteiger partial charge is 0.124 e. The van der Waals surface area contributed by atoms with Crippen molar-refractivity contribution in [1.29, 1.82) is 0 Å². The number of piperidine rings is 1. The molecule has 1 fully saturated rings. The molecule has 0 N–H and O–H groups in total. The van der Waals surface area contributed by atoms with E-state index in [-0.39, 0.29) is 0 Å². The molecule has 1 aromatic carbocycles. The highest BCUT2D eigenvalue weighted by atomic mass is 16.5. The van der Waals surface area contributed by atoms with Crippen molar-refractivity contribution in [2.24, 2.45) is 0 Å². The molecule has 1 saturated heterocycles.